The van der Waals surface area contributed by atoms with Gasteiger partial charge in [-0.2, -0.15) is 0 Å². The number of carboxylic acids is 1. The first-order chi connectivity index (χ1) is 9.86. The summed E-state index contributed by atoms with van der Waals surface area (Å²) >= 11 is 0. The number of fused-ring (bicyclic) bond motifs is 1. The molecule has 2 atom stereocenters. The van der Waals surface area contributed by atoms with Crippen LogP contribution in [0.2, 0.25) is 0 Å². The van der Waals surface area contributed by atoms with E-state index in [1.165, 1.54) is 0 Å². The van der Waals surface area contributed by atoms with Crippen molar-refractivity contribution in [1.29, 1.82) is 0 Å². The van der Waals surface area contributed by atoms with E-state index in [-0.39, 0.29) is 6.04 Å². The summed E-state index contributed by atoms with van der Waals surface area (Å²) < 4.78 is 1.88. The van der Waals surface area contributed by atoms with Gasteiger partial charge in [0.05, 0.1) is 17.1 Å². The van der Waals surface area contributed by atoms with E-state index in [4.69, 9.17) is 4.98 Å². The largest absolute Gasteiger partial charge is 0.480 e. The molecule has 0 aliphatic heterocycles. The van der Waals surface area contributed by atoms with Crippen LogP contribution in [0.3, 0.4) is 0 Å². The lowest BCUT2D eigenvalue weighted by molar-refractivity contribution is -0.141. The van der Waals surface area contributed by atoms with Gasteiger partial charge in [0.1, 0.15) is 11.9 Å². The first-order valence-corrected chi connectivity index (χ1v) is 7.24. The van der Waals surface area contributed by atoms with Gasteiger partial charge in [-0.15, -0.1) is 0 Å². The molecule has 0 radical (unpaired) electrons. The zero-order valence-electron chi connectivity index (χ0n) is 13.3. The Morgan fingerprint density at radius 3 is 2.62 bits per heavy atom. The van der Waals surface area contributed by atoms with Gasteiger partial charge in [-0.25, -0.2) is 9.78 Å². The summed E-state index contributed by atoms with van der Waals surface area (Å²) in [5.74, 6) is -0.0144. The number of aryl methyl sites for hydroxylation is 1. The third-order valence-corrected chi connectivity index (χ3v) is 4.00. The number of aliphatic carboxylic acids is 1. The molecule has 1 aromatic carbocycles. The van der Waals surface area contributed by atoms with E-state index < -0.39 is 12.0 Å². The molecule has 0 saturated heterocycles. The SMILES string of the molecule is CCC(C(=O)O)n1c(C(C)N(C)C)nc2cc(C)ccc21. The Morgan fingerprint density at radius 1 is 1.43 bits per heavy atom. The Hall–Kier alpha value is -1.88. The molecular weight excluding hydrogens is 266 g/mol. The number of rotatable bonds is 5. The van der Waals surface area contributed by atoms with Crippen LogP contribution in [0.25, 0.3) is 11.0 Å². The topological polar surface area (TPSA) is 58.4 Å². The molecule has 2 aromatic rings. The van der Waals surface area contributed by atoms with Crippen LogP contribution in [-0.2, 0) is 4.79 Å². The smallest absolute Gasteiger partial charge is 0.326 e. The summed E-state index contributed by atoms with van der Waals surface area (Å²) in [5, 5.41) is 9.54. The molecule has 114 valence electrons. The lowest BCUT2D eigenvalue weighted by Gasteiger charge is -2.23. The van der Waals surface area contributed by atoms with Crippen molar-refractivity contribution >= 4 is 17.0 Å². The van der Waals surface area contributed by atoms with Crippen molar-refractivity contribution in [2.75, 3.05) is 14.1 Å². The summed E-state index contributed by atoms with van der Waals surface area (Å²) in [6.07, 6.45) is 0.530. The van der Waals surface area contributed by atoms with E-state index in [0.29, 0.717) is 6.42 Å². The predicted octanol–water partition coefficient (Wildman–Crippen LogP) is 3.00. The van der Waals surface area contributed by atoms with Gasteiger partial charge in [-0.3, -0.25) is 4.90 Å². The Kier molecular flexibility index (Phi) is 4.32. The second-order valence-electron chi connectivity index (χ2n) is 5.73. The van der Waals surface area contributed by atoms with Gasteiger partial charge in [0.2, 0.25) is 0 Å². The van der Waals surface area contributed by atoms with E-state index in [1.807, 2.05) is 62.5 Å². The number of carbonyl (C=O) groups is 1. The van der Waals surface area contributed by atoms with Gasteiger partial charge in [0.25, 0.3) is 0 Å². The molecule has 1 heterocycles. The van der Waals surface area contributed by atoms with Crippen LogP contribution in [0.4, 0.5) is 0 Å². The molecule has 0 aliphatic carbocycles. The summed E-state index contributed by atoms with van der Waals surface area (Å²) in [6, 6.07) is 5.43. The van der Waals surface area contributed by atoms with Crippen LogP contribution in [0.1, 0.15) is 43.7 Å². The molecule has 5 nitrogen and oxygen atoms in total. The minimum absolute atomic E-state index is 0.0473. The lowest BCUT2D eigenvalue weighted by atomic mass is 10.1. The van der Waals surface area contributed by atoms with Crippen LogP contribution in [0.5, 0.6) is 0 Å². The molecule has 0 fully saturated rings. The van der Waals surface area contributed by atoms with Gasteiger partial charge < -0.3 is 9.67 Å². The molecular formula is C16H23N3O2. The second kappa shape index (κ2) is 5.85. The summed E-state index contributed by atoms with van der Waals surface area (Å²) in [7, 11) is 3.95. The van der Waals surface area contributed by atoms with Crippen LogP contribution in [-0.4, -0.2) is 39.6 Å². The van der Waals surface area contributed by atoms with Crippen molar-refractivity contribution in [2.45, 2.75) is 39.3 Å². The maximum Gasteiger partial charge on any atom is 0.326 e. The van der Waals surface area contributed by atoms with E-state index >= 15 is 0 Å². The monoisotopic (exact) mass is 289 g/mol. The molecule has 2 rings (SSSR count). The minimum Gasteiger partial charge on any atom is -0.480 e. The fraction of sp³-hybridized carbons (Fsp3) is 0.500. The fourth-order valence-electron chi connectivity index (χ4n) is 2.55. The lowest BCUT2D eigenvalue weighted by Crippen LogP contribution is -2.26. The predicted molar refractivity (Wildman–Crippen MR) is 83.5 cm³/mol. The Balaban J connectivity index is 2.73. The highest BCUT2D eigenvalue weighted by Gasteiger charge is 2.26. The maximum atomic E-state index is 11.6. The van der Waals surface area contributed by atoms with Crippen LogP contribution < -0.4 is 0 Å². The van der Waals surface area contributed by atoms with E-state index in [9.17, 15) is 9.90 Å². The van der Waals surface area contributed by atoms with E-state index in [2.05, 4.69) is 0 Å². The van der Waals surface area contributed by atoms with Gasteiger partial charge >= 0.3 is 5.97 Å². The summed E-state index contributed by atoms with van der Waals surface area (Å²) in [5.41, 5.74) is 2.87. The third kappa shape index (κ3) is 2.78. The molecule has 1 aromatic heterocycles. The average Bonchev–Trinajstić information content (AvgIpc) is 2.76. The van der Waals surface area contributed by atoms with Crippen molar-refractivity contribution in [3.63, 3.8) is 0 Å². The number of nitrogens with zero attached hydrogens (tertiary/aromatic N) is 3. The van der Waals surface area contributed by atoms with Crippen molar-refractivity contribution in [1.82, 2.24) is 14.5 Å². The highest BCUT2D eigenvalue weighted by molar-refractivity contribution is 5.81. The molecule has 2 unspecified atom stereocenters. The number of hydrogen-bond acceptors (Lipinski definition) is 3. The number of imidazole rings is 1. The molecule has 1 N–H and O–H groups in total. The Bertz CT molecular complexity index is 661. The van der Waals surface area contributed by atoms with Gasteiger partial charge in [0.15, 0.2) is 0 Å². The first kappa shape index (κ1) is 15.5. The quantitative estimate of drug-likeness (QED) is 0.919. The van der Waals surface area contributed by atoms with Crippen molar-refractivity contribution in [3.8, 4) is 0 Å². The fourth-order valence-corrected chi connectivity index (χ4v) is 2.55. The van der Waals surface area contributed by atoms with Crippen molar-refractivity contribution < 1.29 is 9.90 Å². The molecule has 0 spiro atoms. The zero-order chi connectivity index (χ0) is 15.7. The normalized spacial score (nSPS) is 14.6. The molecule has 0 aliphatic rings. The first-order valence-electron chi connectivity index (χ1n) is 7.24. The molecule has 21 heavy (non-hydrogen) atoms. The Labute approximate surface area is 125 Å². The Morgan fingerprint density at radius 2 is 2.10 bits per heavy atom. The minimum atomic E-state index is -0.815. The van der Waals surface area contributed by atoms with Gasteiger partial charge in [-0.1, -0.05) is 13.0 Å². The van der Waals surface area contributed by atoms with Crippen LogP contribution in [0, 0.1) is 6.92 Å². The molecule has 5 heteroatoms. The molecule has 0 bridgehead atoms. The summed E-state index contributed by atoms with van der Waals surface area (Å²) in [4.78, 5) is 18.4. The highest BCUT2D eigenvalue weighted by atomic mass is 16.4. The van der Waals surface area contributed by atoms with Crippen LogP contribution >= 0.6 is 0 Å². The van der Waals surface area contributed by atoms with Gasteiger partial charge in [0, 0.05) is 0 Å². The standard InChI is InChI=1S/C16H23N3O2/c1-6-13(16(20)21)19-14-8-7-10(2)9-12(14)17-15(19)11(3)18(4)5/h7-9,11,13H,6H2,1-5H3,(H,20,21). The number of aromatic nitrogens is 2. The van der Waals surface area contributed by atoms with Crippen molar-refractivity contribution in [3.05, 3.63) is 29.6 Å². The molecule has 0 saturated carbocycles. The maximum absolute atomic E-state index is 11.6. The van der Waals surface area contributed by atoms with E-state index in [0.717, 1.165) is 22.4 Å². The molecule has 0 amide bonds. The number of benzene rings is 1. The number of carboxylic acid groups (broad SMARTS) is 1. The second-order valence-corrected chi connectivity index (χ2v) is 5.73. The van der Waals surface area contributed by atoms with Gasteiger partial charge in [-0.05, 0) is 52.1 Å². The third-order valence-electron chi connectivity index (χ3n) is 4.00. The highest BCUT2D eigenvalue weighted by Crippen LogP contribution is 2.29. The summed E-state index contributed by atoms with van der Waals surface area (Å²) in [6.45, 7) is 5.95. The van der Waals surface area contributed by atoms with Crippen LogP contribution in [0.15, 0.2) is 18.2 Å². The number of hydrogen-bond donors (Lipinski definition) is 1. The zero-order valence-corrected chi connectivity index (χ0v) is 13.3. The van der Waals surface area contributed by atoms with Crippen molar-refractivity contribution in [2.24, 2.45) is 0 Å². The average molecular weight is 289 g/mol. The van der Waals surface area contributed by atoms with E-state index in [1.54, 1.807) is 0 Å².